The van der Waals surface area contributed by atoms with Gasteiger partial charge in [-0.15, -0.1) is 0 Å². The van der Waals surface area contributed by atoms with Crippen LogP contribution < -0.4 is 9.62 Å². The maximum Gasteiger partial charge on any atom is 0.264 e. The second kappa shape index (κ2) is 7.45. The molecule has 25 heavy (non-hydrogen) atoms. The van der Waals surface area contributed by atoms with Gasteiger partial charge in [-0.3, -0.25) is 9.10 Å². The van der Waals surface area contributed by atoms with Gasteiger partial charge in [0.25, 0.3) is 10.0 Å². The fraction of sp³-hybridized carbons (Fsp3) is 0.278. The molecule has 0 atom stereocenters. The molecule has 2 aromatic rings. The first-order chi connectivity index (χ1) is 11.6. The SMILES string of the molecule is CC(C)(C)NC(=O)CN(c1cccc(Cl)c1)S(=O)(=O)c1ccccc1. The number of nitrogens with one attached hydrogen (secondary N) is 1. The van der Waals surface area contributed by atoms with Crippen molar-refractivity contribution in [3.8, 4) is 0 Å². The van der Waals surface area contributed by atoms with Gasteiger partial charge in [0, 0.05) is 10.6 Å². The van der Waals surface area contributed by atoms with Crippen LogP contribution in [0.2, 0.25) is 5.02 Å². The van der Waals surface area contributed by atoms with Gasteiger partial charge >= 0.3 is 0 Å². The summed E-state index contributed by atoms with van der Waals surface area (Å²) in [5.41, 5.74) is -0.131. The molecule has 2 aromatic carbocycles. The van der Waals surface area contributed by atoms with E-state index in [1.54, 1.807) is 36.4 Å². The first-order valence-corrected chi connectivity index (χ1v) is 9.56. The zero-order valence-corrected chi connectivity index (χ0v) is 15.9. The Morgan fingerprint density at radius 1 is 1.08 bits per heavy atom. The van der Waals surface area contributed by atoms with Crippen molar-refractivity contribution in [2.45, 2.75) is 31.2 Å². The number of hydrogen-bond acceptors (Lipinski definition) is 3. The molecule has 0 saturated carbocycles. The Morgan fingerprint density at radius 2 is 1.72 bits per heavy atom. The molecule has 5 nitrogen and oxygen atoms in total. The minimum absolute atomic E-state index is 0.110. The smallest absolute Gasteiger partial charge is 0.264 e. The van der Waals surface area contributed by atoms with E-state index in [1.807, 2.05) is 20.8 Å². The molecule has 1 amide bonds. The lowest BCUT2D eigenvalue weighted by Gasteiger charge is -2.27. The van der Waals surface area contributed by atoms with Crippen molar-refractivity contribution in [3.63, 3.8) is 0 Å². The van der Waals surface area contributed by atoms with Crippen molar-refractivity contribution in [2.24, 2.45) is 0 Å². The van der Waals surface area contributed by atoms with Crippen LogP contribution in [0.15, 0.2) is 59.5 Å². The second-order valence-electron chi connectivity index (χ2n) is 6.60. The molecule has 0 aliphatic carbocycles. The largest absolute Gasteiger partial charge is 0.350 e. The highest BCUT2D eigenvalue weighted by Gasteiger charge is 2.28. The van der Waals surface area contributed by atoms with Crippen molar-refractivity contribution in [1.82, 2.24) is 5.32 Å². The Balaban J connectivity index is 2.44. The number of rotatable bonds is 5. The van der Waals surface area contributed by atoms with Crippen LogP contribution in [0.5, 0.6) is 0 Å². The average molecular weight is 381 g/mol. The molecular formula is C18H21ClN2O3S. The van der Waals surface area contributed by atoms with Gasteiger partial charge in [-0.1, -0.05) is 35.9 Å². The summed E-state index contributed by atoms with van der Waals surface area (Å²) in [4.78, 5) is 12.5. The predicted molar refractivity (Wildman–Crippen MR) is 100 cm³/mol. The first-order valence-electron chi connectivity index (χ1n) is 7.74. The minimum atomic E-state index is -3.91. The molecule has 0 unspecified atom stereocenters. The van der Waals surface area contributed by atoms with Gasteiger partial charge in [-0.05, 0) is 51.1 Å². The highest BCUT2D eigenvalue weighted by atomic mass is 35.5. The Kier molecular flexibility index (Phi) is 5.75. The van der Waals surface area contributed by atoms with Gasteiger partial charge in [0.15, 0.2) is 0 Å². The van der Waals surface area contributed by atoms with Gasteiger partial charge in [0.1, 0.15) is 6.54 Å². The summed E-state index contributed by atoms with van der Waals surface area (Å²) < 4.78 is 27.2. The molecule has 134 valence electrons. The van der Waals surface area contributed by atoms with Crippen molar-refractivity contribution in [1.29, 1.82) is 0 Å². The maximum absolute atomic E-state index is 13.0. The summed E-state index contributed by atoms with van der Waals surface area (Å²) in [7, 11) is -3.91. The zero-order chi connectivity index (χ0) is 18.7. The van der Waals surface area contributed by atoms with Crippen LogP contribution in [-0.4, -0.2) is 26.4 Å². The van der Waals surface area contributed by atoms with E-state index < -0.39 is 21.5 Å². The number of amides is 1. The number of carbonyl (C=O) groups is 1. The standard InChI is InChI=1S/C18H21ClN2O3S/c1-18(2,3)20-17(22)13-21(15-9-7-8-14(19)12-15)25(23,24)16-10-5-4-6-11-16/h4-12H,13H2,1-3H3,(H,20,22). The van der Waals surface area contributed by atoms with Crippen LogP contribution in [-0.2, 0) is 14.8 Å². The van der Waals surface area contributed by atoms with E-state index in [0.717, 1.165) is 4.31 Å². The quantitative estimate of drug-likeness (QED) is 0.863. The van der Waals surface area contributed by atoms with Crippen LogP contribution in [0.1, 0.15) is 20.8 Å². The topological polar surface area (TPSA) is 66.5 Å². The summed E-state index contributed by atoms with van der Waals surface area (Å²) >= 11 is 6.01. The summed E-state index contributed by atoms with van der Waals surface area (Å²) in [6.07, 6.45) is 0. The van der Waals surface area contributed by atoms with Crippen LogP contribution in [0.3, 0.4) is 0 Å². The van der Waals surface area contributed by atoms with Crippen LogP contribution in [0.4, 0.5) is 5.69 Å². The summed E-state index contributed by atoms with van der Waals surface area (Å²) in [5.74, 6) is -0.396. The molecule has 2 rings (SSSR count). The summed E-state index contributed by atoms with van der Waals surface area (Å²) in [6.45, 7) is 5.16. The number of sulfonamides is 1. The highest BCUT2D eigenvalue weighted by molar-refractivity contribution is 7.92. The first kappa shape index (κ1) is 19.3. The second-order valence-corrected chi connectivity index (χ2v) is 8.90. The van der Waals surface area contributed by atoms with Gasteiger partial charge in [0.05, 0.1) is 10.6 Å². The molecule has 1 N–H and O–H groups in total. The maximum atomic E-state index is 13.0. The van der Waals surface area contributed by atoms with E-state index in [0.29, 0.717) is 10.7 Å². The molecule has 0 aliphatic heterocycles. The Labute approximate surface area is 153 Å². The number of nitrogens with zero attached hydrogens (tertiary/aromatic N) is 1. The molecule has 0 spiro atoms. The molecule has 0 fully saturated rings. The predicted octanol–water partition coefficient (Wildman–Crippen LogP) is 3.45. The van der Waals surface area contributed by atoms with E-state index in [9.17, 15) is 13.2 Å². The van der Waals surface area contributed by atoms with Crippen molar-refractivity contribution in [2.75, 3.05) is 10.8 Å². The van der Waals surface area contributed by atoms with Gasteiger partial charge in [-0.25, -0.2) is 8.42 Å². The summed E-state index contributed by atoms with van der Waals surface area (Å²) in [5, 5.41) is 3.17. The van der Waals surface area contributed by atoms with Crippen LogP contribution in [0.25, 0.3) is 0 Å². The van der Waals surface area contributed by atoms with Crippen molar-refractivity contribution in [3.05, 3.63) is 59.6 Å². The number of hydrogen-bond donors (Lipinski definition) is 1. The molecule has 0 aromatic heterocycles. The highest BCUT2D eigenvalue weighted by Crippen LogP contribution is 2.26. The third kappa shape index (κ3) is 5.21. The average Bonchev–Trinajstić information content (AvgIpc) is 2.51. The van der Waals surface area contributed by atoms with Gasteiger partial charge in [0.2, 0.25) is 5.91 Å². The molecule has 0 bridgehead atoms. The van der Waals surface area contributed by atoms with Crippen molar-refractivity contribution >= 4 is 33.2 Å². The van der Waals surface area contributed by atoms with Crippen molar-refractivity contribution < 1.29 is 13.2 Å². The Bertz CT molecular complexity index is 846. The lowest BCUT2D eigenvalue weighted by Crippen LogP contribution is -2.47. The van der Waals surface area contributed by atoms with Gasteiger partial charge in [-0.2, -0.15) is 0 Å². The monoisotopic (exact) mass is 380 g/mol. The summed E-state index contributed by atoms with van der Waals surface area (Å²) in [6, 6.07) is 14.4. The molecular weight excluding hydrogens is 360 g/mol. The molecule has 7 heteroatoms. The number of benzene rings is 2. The minimum Gasteiger partial charge on any atom is -0.350 e. The number of halogens is 1. The van der Waals surface area contributed by atoms with Crippen LogP contribution in [0, 0.1) is 0 Å². The number of anilines is 1. The third-order valence-corrected chi connectivity index (χ3v) is 5.25. The normalized spacial score (nSPS) is 11.8. The Hall–Kier alpha value is -2.05. The van der Waals surface area contributed by atoms with E-state index in [-0.39, 0.29) is 11.4 Å². The van der Waals surface area contributed by atoms with E-state index in [2.05, 4.69) is 5.32 Å². The van der Waals surface area contributed by atoms with Crippen LogP contribution >= 0.6 is 11.6 Å². The molecule has 0 aliphatic rings. The van der Waals surface area contributed by atoms with Gasteiger partial charge < -0.3 is 5.32 Å². The fourth-order valence-corrected chi connectivity index (χ4v) is 3.87. The van der Waals surface area contributed by atoms with E-state index in [1.165, 1.54) is 18.2 Å². The molecule has 0 radical (unpaired) electrons. The molecule has 0 saturated heterocycles. The Morgan fingerprint density at radius 3 is 2.28 bits per heavy atom. The van der Waals surface area contributed by atoms with E-state index in [4.69, 9.17) is 11.6 Å². The fourth-order valence-electron chi connectivity index (χ4n) is 2.25. The zero-order valence-electron chi connectivity index (χ0n) is 14.4. The van der Waals surface area contributed by atoms with E-state index >= 15 is 0 Å². The third-order valence-electron chi connectivity index (χ3n) is 3.23. The lowest BCUT2D eigenvalue weighted by atomic mass is 10.1. The number of carbonyl (C=O) groups excluding carboxylic acids is 1. The molecule has 0 heterocycles. The lowest BCUT2D eigenvalue weighted by molar-refractivity contribution is -0.121.